The second kappa shape index (κ2) is 8.45. The number of likely N-dealkylation sites (N-methyl/N-ethyl adjacent to an activating group) is 2. The Labute approximate surface area is 162 Å². The fourth-order valence-electron chi connectivity index (χ4n) is 2.81. The summed E-state index contributed by atoms with van der Waals surface area (Å²) in [5.41, 5.74) is 2.58. The van der Waals surface area contributed by atoms with Gasteiger partial charge in [0.1, 0.15) is 0 Å². The first kappa shape index (κ1) is 19.2. The Balaban J connectivity index is 1.58. The van der Waals surface area contributed by atoms with Crippen molar-refractivity contribution in [1.29, 1.82) is 0 Å². The lowest BCUT2D eigenvalue weighted by molar-refractivity contribution is -0.384. The smallest absolute Gasteiger partial charge is 0.269 e. The molecule has 0 aliphatic carbocycles. The average Bonchev–Trinajstić information content (AvgIpc) is 3.16. The van der Waals surface area contributed by atoms with Crippen LogP contribution in [0.5, 0.6) is 0 Å². The zero-order chi connectivity index (χ0) is 20.1. The van der Waals surface area contributed by atoms with Crippen LogP contribution in [-0.2, 0) is 11.3 Å². The van der Waals surface area contributed by atoms with Gasteiger partial charge in [-0.1, -0.05) is 18.2 Å². The van der Waals surface area contributed by atoms with Gasteiger partial charge in [0.2, 0.25) is 5.91 Å². The van der Waals surface area contributed by atoms with Crippen LogP contribution in [0.25, 0.3) is 5.69 Å². The van der Waals surface area contributed by atoms with Gasteiger partial charge in [-0.2, -0.15) is 5.10 Å². The van der Waals surface area contributed by atoms with E-state index in [0.29, 0.717) is 12.2 Å². The van der Waals surface area contributed by atoms with Crippen LogP contribution in [0.4, 0.5) is 11.4 Å². The maximum absolute atomic E-state index is 12.5. The Bertz CT molecular complexity index is 953. The summed E-state index contributed by atoms with van der Waals surface area (Å²) in [6.45, 7) is 0.788. The molecule has 0 fully saturated rings. The lowest BCUT2D eigenvalue weighted by Gasteiger charge is -2.21. The van der Waals surface area contributed by atoms with E-state index in [2.05, 4.69) is 5.10 Å². The molecular formula is C20H21N5O3. The van der Waals surface area contributed by atoms with Crippen molar-refractivity contribution >= 4 is 17.3 Å². The van der Waals surface area contributed by atoms with Crippen molar-refractivity contribution in [2.75, 3.05) is 25.5 Å². The number of hydrogen-bond donors (Lipinski definition) is 0. The molecular weight excluding hydrogens is 358 g/mol. The summed E-state index contributed by atoms with van der Waals surface area (Å²) in [4.78, 5) is 26.2. The highest BCUT2D eigenvalue weighted by molar-refractivity contribution is 5.94. The predicted octanol–water partition coefficient (Wildman–Crippen LogP) is 2.88. The van der Waals surface area contributed by atoms with Gasteiger partial charge in [-0.05, 0) is 31.3 Å². The molecule has 0 N–H and O–H groups in total. The van der Waals surface area contributed by atoms with Crippen LogP contribution in [0.2, 0.25) is 0 Å². The van der Waals surface area contributed by atoms with E-state index in [9.17, 15) is 14.9 Å². The minimum atomic E-state index is -0.463. The standard InChI is InChI=1S/C20H21N5O3/c1-22(13-16-12-21-24(14-16)18-6-4-3-5-7-18)15-20(26)23(2)17-8-10-19(11-9-17)25(27)28/h3-12,14H,13,15H2,1-2H3. The quantitative estimate of drug-likeness (QED) is 0.465. The number of nitro groups is 1. The molecule has 28 heavy (non-hydrogen) atoms. The molecule has 8 nitrogen and oxygen atoms in total. The van der Waals surface area contributed by atoms with E-state index in [0.717, 1.165) is 11.3 Å². The highest BCUT2D eigenvalue weighted by Gasteiger charge is 2.15. The molecule has 0 saturated carbocycles. The van der Waals surface area contributed by atoms with Crippen molar-refractivity contribution < 1.29 is 9.72 Å². The molecule has 2 aromatic carbocycles. The van der Waals surface area contributed by atoms with E-state index in [1.165, 1.54) is 17.0 Å². The number of carbonyl (C=O) groups excluding carboxylic acids is 1. The highest BCUT2D eigenvalue weighted by atomic mass is 16.6. The van der Waals surface area contributed by atoms with Gasteiger partial charge in [0.05, 0.1) is 23.4 Å². The summed E-state index contributed by atoms with van der Waals surface area (Å²) >= 11 is 0. The van der Waals surface area contributed by atoms with Gasteiger partial charge >= 0.3 is 0 Å². The van der Waals surface area contributed by atoms with E-state index in [-0.39, 0.29) is 18.1 Å². The fourth-order valence-corrected chi connectivity index (χ4v) is 2.81. The second-order valence-corrected chi connectivity index (χ2v) is 6.53. The summed E-state index contributed by atoms with van der Waals surface area (Å²) in [5.74, 6) is -0.105. The molecule has 1 heterocycles. The SMILES string of the molecule is CN(CC(=O)N(C)c1ccc([N+](=O)[O-])cc1)Cc1cnn(-c2ccccc2)c1. The molecule has 0 unspecified atom stereocenters. The summed E-state index contributed by atoms with van der Waals surface area (Å²) in [6.07, 6.45) is 3.73. The molecule has 144 valence electrons. The van der Waals surface area contributed by atoms with Crippen molar-refractivity contribution in [1.82, 2.24) is 14.7 Å². The number of amides is 1. The topological polar surface area (TPSA) is 84.5 Å². The van der Waals surface area contributed by atoms with Gasteiger partial charge in [-0.3, -0.25) is 19.8 Å². The third-order valence-electron chi connectivity index (χ3n) is 4.34. The summed E-state index contributed by atoms with van der Waals surface area (Å²) < 4.78 is 1.80. The zero-order valence-corrected chi connectivity index (χ0v) is 15.7. The van der Waals surface area contributed by atoms with Crippen molar-refractivity contribution in [2.45, 2.75) is 6.54 Å². The summed E-state index contributed by atoms with van der Waals surface area (Å²) in [6, 6.07) is 15.7. The number of nitrogens with zero attached hydrogens (tertiary/aromatic N) is 5. The normalized spacial score (nSPS) is 10.8. The van der Waals surface area contributed by atoms with E-state index >= 15 is 0 Å². The minimum Gasteiger partial charge on any atom is -0.314 e. The zero-order valence-electron chi connectivity index (χ0n) is 15.7. The third kappa shape index (κ3) is 4.60. The Hall–Kier alpha value is -3.52. The fraction of sp³-hybridized carbons (Fsp3) is 0.200. The first-order chi connectivity index (χ1) is 13.4. The number of nitro benzene ring substituents is 1. The summed E-state index contributed by atoms with van der Waals surface area (Å²) in [7, 11) is 3.52. The van der Waals surface area contributed by atoms with Crippen molar-refractivity contribution in [3.8, 4) is 5.69 Å². The van der Waals surface area contributed by atoms with Crippen LogP contribution < -0.4 is 4.90 Å². The Morgan fingerprint density at radius 1 is 1.11 bits per heavy atom. The number of anilines is 1. The van der Waals surface area contributed by atoms with Crippen molar-refractivity contribution in [3.63, 3.8) is 0 Å². The molecule has 1 aromatic heterocycles. The monoisotopic (exact) mass is 379 g/mol. The van der Waals surface area contributed by atoms with E-state index in [1.807, 2.05) is 48.5 Å². The predicted molar refractivity (Wildman–Crippen MR) is 106 cm³/mol. The average molecular weight is 379 g/mol. The van der Waals surface area contributed by atoms with Crippen LogP contribution in [-0.4, -0.2) is 46.2 Å². The van der Waals surface area contributed by atoms with Gasteiger partial charge in [-0.15, -0.1) is 0 Å². The van der Waals surface area contributed by atoms with Crippen LogP contribution >= 0.6 is 0 Å². The van der Waals surface area contributed by atoms with Crippen LogP contribution in [0, 0.1) is 10.1 Å². The van der Waals surface area contributed by atoms with Crippen LogP contribution in [0.15, 0.2) is 67.0 Å². The Kier molecular flexibility index (Phi) is 5.81. The van der Waals surface area contributed by atoms with E-state index in [1.54, 1.807) is 30.1 Å². The molecule has 0 bridgehead atoms. The van der Waals surface area contributed by atoms with Crippen LogP contribution in [0.3, 0.4) is 0 Å². The lowest BCUT2D eigenvalue weighted by atomic mass is 10.2. The van der Waals surface area contributed by atoms with Gasteiger partial charge in [0.15, 0.2) is 0 Å². The van der Waals surface area contributed by atoms with Gasteiger partial charge < -0.3 is 4.90 Å². The van der Waals surface area contributed by atoms with Crippen molar-refractivity contribution in [3.05, 3.63) is 82.7 Å². The molecule has 0 spiro atoms. The number of carbonyl (C=O) groups is 1. The largest absolute Gasteiger partial charge is 0.314 e. The number of benzene rings is 2. The Morgan fingerprint density at radius 3 is 2.43 bits per heavy atom. The van der Waals surface area contributed by atoms with Gasteiger partial charge in [0.25, 0.3) is 5.69 Å². The second-order valence-electron chi connectivity index (χ2n) is 6.53. The third-order valence-corrected chi connectivity index (χ3v) is 4.34. The van der Waals surface area contributed by atoms with Gasteiger partial charge in [0, 0.05) is 43.2 Å². The number of non-ortho nitro benzene ring substituents is 1. The lowest BCUT2D eigenvalue weighted by Crippen LogP contribution is -2.36. The first-order valence-electron chi connectivity index (χ1n) is 8.72. The van der Waals surface area contributed by atoms with E-state index in [4.69, 9.17) is 0 Å². The Morgan fingerprint density at radius 2 is 1.79 bits per heavy atom. The number of aromatic nitrogens is 2. The number of hydrogen-bond acceptors (Lipinski definition) is 5. The molecule has 8 heteroatoms. The maximum atomic E-state index is 12.5. The van der Waals surface area contributed by atoms with Gasteiger partial charge in [-0.25, -0.2) is 4.68 Å². The molecule has 0 saturated heterocycles. The molecule has 0 atom stereocenters. The van der Waals surface area contributed by atoms with Crippen molar-refractivity contribution in [2.24, 2.45) is 0 Å². The molecule has 0 aliphatic heterocycles. The number of para-hydroxylation sites is 1. The number of rotatable bonds is 7. The molecule has 3 aromatic rings. The minimum absolute atomic E-state index is 0.00264. The maximum Gasteiger partial charge on any atom is 0.269 e. The molecule has 1 amide bonds. The first-order valence-corrected chi connectivity index (χ1v) is 8.72. The molecule has 0 radical (unpaired) electrons. The molecule has 3 rings (SSSR count). The molecule has 0 aliphatic rings. The highest BCUT2D eigenvalue weighted by Crippen LogP contribution is 2.18. The summed E-state index contributed by atoms with van der Waals surface area (Å²) in [5, 5.41) is 15.1. The van der Waals surface area contributed by atoms with Crippen LogP contribution in [0.1, 0.15) is 5.56 Å². The van der Waals surface area contributed by atoms with E-state index < -0.39 is 4.92 Å².